The highest BCUT2D eigenvalue weighted by atomic mass is 79.9. The number of benzene rings is 1. The lowest BCUT2D eigenvalue weighted by Crippen LogP contribution is -2.05. The second-order valence-corrected chi connectivity index (χ2v) is 4.25. The molecular formula is C11H13BrO2. The van der Waals surface area contributed by atoms with Crippen LogP contribution in [0.3, 0.4) is 0 Å². The number of Topliss-reactive ketones (excluding diaryl/α,β-unsaturated/α-hetero) is 1. The number of aryl methyl sites for hydroxylation is 1. The van der Waals surface area contributed by atoms with Gasteiger partial charge in [-0.3, -0.25) is 4.79 Å². The normalized spacial score (nSPS) is 12.6. The van der Waals surface area contributed by atoms with Crippen LogP contribution in [0.1, 0.15) is 28.4 Å². The Morgan fingerprint density at radius 1 is 1.57 bits per heavy atom. The fourth-order valence-corrected chi connectivity index (χ4v) is 1.78. The molecule has 1 N–H and O–H groups in total. The molecule has 0 radical (unpaired) electrons. The van der Waals surface area contributed by atoms with Gasteiger partial charge < -0.3 is 5.11 Å². The number of ketones is 1. The van der Waals surface area contributed by atoms with E-state index in [4.69, 9.17) is 5.11 Å². The summed E-state index contributed by atoms with van der Waals surface area (Å²) < 4.78 is 0. The maximum atomic E-state index is 11.2. The van der Waals surface area contributed by atoms with Crippen LogP contribution in [0.2, 0.25) is 0 Å². The summed E-state index contributed by atoms with van der Waals surface area (Å²) in [4.78, 5) is 10.9. The van der Waals surface area contributed by atoms with Crippen molar-refractivity contribution < 1.29 is 9.90 Å². The highest BCUT2D eigenvalue weighted by Gasteiger charge is 2.15. The minimum Gasteiger partial charge on any atom is -0.392 e. The van der Waals surface area contributed by atoms with Crippen molar-refractivity contribution in [1.82, 2.24) is 0 Å². The van der Waals surface area contributed by atoms with Gasteiger partial charge in [0, 0.05) is 0 Å². The molecule has 0 aromatic heterocycles. The fraction of sp³-hybridized carbons (Fsp3) is 0.364. The van der Waals surface area contributed by atoms with E-state index in [-0.39, 0.29) is 17.2 Å². The molecule has 1 rings (SSSR count). The van der Waals surface area contributed by atoms with Crippen LogP contribution in [0.5, 0.6) is 0 Å². The third-order valence-corrected chi connectivity index (χ3v) is 3.24. The van der Waals surface area contributed by atoms with E-state index in [1.54, 1.807) is 0 Å². The van der Waals surface area contributed by atoms with Gasteiger partial charge >= 0.3 is 0 Å². The van der Waals surface area contributed by atoms with Gasteiger partial charge in [0.15, 0.2) is 0 Å². The highest BCUT2D eigenvalue weighted by Crippen LogP contribution is 2.27. The lowest BCUT2D eigenvalue weighted by atomic mass is 10.0. The molecule has 1 aromatic rings. The fourth-order valence-electron chi connectivity index (χ4n) is 1.34. The van der Waals surface area contributed by atoms with Crippen LogP contribution in [0, 0.1) is 6.92 Å². The first-order chi connectivity index (χ1) is 6.56. The molecule has 0 heterocycles. The molecule has 0 bridgehead atoms. The van der Waals surface area contributed by atoms with Crippen molar-refractivity contribution in [2.24, 2.45) is 0 Å². The van der Waals surface area contributed by atoms with Gasteiger partial charge in [0.25, 0.3) is 0 Å². The Morgan fingerprint density at radius 2 is 2.21 bits per heavy atom. The molecule has 0 aliphatic heterocycles. The van der Waals surface area contributed by atoms with Crippen molar-refractivity contribution in [3.05, 3.63) is 34.9 Å². The summed E-state index contributed by atoms with van der Waals surface area (Å²) in [6.07, 6.45) is 0. The molecule has 1 unspecified atom stereocenters. The number of aliphatic hydroxyl groups excluding tert-OH is 1. The number of carbonyl (C=O) groups is 1. The average molecular weight is 257 g/mol. The first-order valence-corrected chi connectivity index (χ1v) is 5.32. The number of aliphatic hydroxyl groups is 1. The van der Waals surface area contributed by atoms with Crippen LogP contribution in [0.25, 0.3) is 0 Å². The predicted octanol–water partition coefficient (Wildman–Crippen LogP) is 2.51. The number of halogens is 1. The molecule has 0 saturated carbocycles. The first kappa shape index (κ1) is 11.4. The summed E-state index contributed by atoms with van der Waals surface area (Å²) >= 11 is 3.31. The van der Waals surface area contributed by atoms with Crippen molar-refractivity contribution in [2.45, 2.75) is 25.3 Å². The van der Waals surface area contributed by atoms with E-state index in [1.807, 2.05) is 25.1 Å². The Labute approximate surface area is 92.1 Å². The van der Waals surface area contributed by atoms with Crippen LogP contribution in [0.4, 0.5) is 0 Å². The SMILES string of the molecule is CC(=O)C(Br)c1ccc(C)cc1CO. The number of alkyl halides is 1. The summed E-state index contributed by atoms with van der Waals surface area (Å²) in [5.74, 6) is 0.0450. The van der Waals surface area contributed by atoms with Gasteiger partial charge in [0.1, 0.15) is 5.78 Å². The van der Waals surface area contributed by atoms with Crippen LogP contribution in [0.15, 0.2) is 18.2 Å². The van der Waals surface area contributed by atoms with E-state index >= 15 is 0 Å². The maximum absolute atomic E-state index is 11.2. The molecule has 1 atom stereocenters. The smallest absolute Gasteiger partial charge is 0.147 e. The van der Waals surface area contributed by atoms with Gasteiger partial charge in [0.05, 0.1) is 11.4 Å². The molecule has 0 spiro atoms. The number of rotatable bonds is 3. The Bertz CT molecular complexity index is 347. The molecular weight excluding hydrogens is 244 g/mol. The van der Waals surface area contributed by atoms with E-state index in [0.717, 1.165) is 16.7 Å². The van der Waals surface area contributed by atoms with Crippen molar-refractivity contribution >= 4 is 21.7 Å². The molecule has 2 nitrogen and oxygen atoms in total. The maximum Gasteiger partial charge on any atom is 0.147 e. The molecule has 3 heteroatoms. The quantitative estimate of drug-likeness (QED) is 0.845. The number of hydrogen-bond acceptors (Lipinski definition) is 2. The summed E-state index contributed by atoms with van der Waals surface area (Å²) in [5, 5.41) is 9.14. The molecule has 1 aromatic carbocycles. The van der Waals surface area contributed by atoms with E-state index in [2.05, 4.69) is 15.9 Å². The Balaban J connectivity index is 3.13. The minimum atomic E-state index is -0.315. The highest BCUT2D eigenvalue weighted by molar-refractivity contribution is 9.09. The van der Waals surface area contributed by atoms with E-state index in [1.165, 1.54) is 6.92 Å². The lowest BCUT2D eigenvalue weighted by molar-refractivity contribution is -0.116. The monoisotopic (exact) mass is 256 g/mol. The number of hydrogen-bond donors (Lipinski definition) is 1. The first-order valence-electron chi connectivity index (χ1n) is 4.41. The molecule has 14 heavy (non-hydrogen) atoms. The van der Waals surface area contributed by atoms with E-state index < -0.39 is 0 Å². The molecule has 0 fully saturated rings. The Hall–Kier alpha value is -0.670. The van der Waals surface area contributed by atoms with Crippen molar-refractivity contribution in [3.63, 3.8) is 0 Å². The second-order valence-electron chi connectivity index (χ2n) is 3.33. The van der Waals surface area contributed by atoms with Gasteiger partial charge in [0.2, 0.25) is 0 Å². The molecule has 76 valence electrons. The topological polar surface area (TPSA) is 37.3 Å². The molecule has 0 aliphatic carbocycles. The van der Waals surface area contributed by atoms with Crippen molar-refractivity contribution in [1.29, 1.82) is 0 Å². The largest absolute Gasteiger partial charge is 0.392 e. The Kier molecular flexibility index (Phi) is 3.84. The van der Waals surface area contributed by atoms with Gasteiger partial charge in [-0.25, -0.2) is 0 Å². The third kappa shape index (κ3) is 2.42. The van der Waals surface area contributed by atoms with Crippen molar-refractivity contribution in [3.8, 4) is 0 Å². The van der Waals surface area contributed by atoms with Crippen LogP contribution < -0.4 is 0 Å². The van der Waals surface area contributed by atoms with Crippen LogP contribution in [-0.4, -0.2) is 10.9 Å². The van der Waals surface area contributed by atoms with Gasteiger partial charge in [-0.15, -0.1) is 0 Å². The van der Waals surface area contributed by atoms with Crippen molar-refractivity contribution in [2.75, 3.05) is 0 Å². The summed E-state index contributed by atoms with van der Waals surface area (Å²) in [5.41, 5.74) is 2.74. The summed E-state index contributed by atoms with van der Waals surface area (Å²) in [6.45, 7) is 3.45. The van der Waals surface area contributed by atoms with Crippen LogP contribution >= 0.6 is 15.9 Å². The molecule has 0 saturated heterocycles. The van der Waals surface area contributed by atoms with E-state index in [9.17, 15) is 4.79 Å². The minimum absolute atomic E-state index is 0.0353. The summed E-state index contributed by atoms with van der Waals surface area (Å²) in [7, 11) is 0. The van der Waals surface area contributed by atoms with Gasteiger partial charge in [-0.2, -0.15) is 0 Å². The standard InChI is InChI=1S/C11H13BrO2/c1-7-3-4-10(9(5-7)6-13)11(12)8(2)14/h3-5,11,13H,6H2,1-2H3. The average Bonchev–Trinajstić information content (AvgIpc) is 2.16. The van der Waals surface area contributed by atoms with Gasteiger partial charge in [-0.1, -0.05) is 39.7 Å². The predicted molar refractivity (Wildman–Crippen MR) is 59.5 cm³/mol. The van der Waals surface area contributed by atoms with Gasteiger partial charge in [-0.05, 0) is 25.0 Å². The zero-order valence-corrected chi connectivity index (χ0v) is 9.84. The molecule has 0 amide bonds. The lowest BCUT2D eigenvalue weighted by Gasteiger charge is -2.11. The zero-order valence-electron chi connectivity index (χ0n) is 8.25. The van der Waals surface area contributed by atoms with E-state index in [0.29, 0.717) is 0 Å². The Morgan fingerprint density at radius 3 is 2.71 bits per heavy atom. The summed E-state index contributed by atoms with van der Waals surface area (Å²) in [6, 6.07) is 5.71. The number of carbonyl (C=O) groups excluding carboxylic acids is 1. The zero-order chi connectivity index (χ0) is 10.7. The van der Waals surface area contributed by atoms with Crippen LogP contribution in [-0.2, 0) is 11.4 Å². The molecule has 0 aliphatic rings. The third-order valence-electron chi connectivity index (χ3n) is 2.10. The second kappa shape index (κ2) is 4.71.